The van der Waals surface area contributed by atoms with Crippen molar-refractivity contribution in [1.29, 1.82) is 0 Å². The fourth-order valence-corrected chi connectivity index (χ4v) is 5.12. The minimum absolute atomic E-state index is 0.113. The van der Waals surface area contributed by atoms with Gasteiger partial charge in [0.05, 0.1) is 6.61 Å². The molecular formula is C19H24N2O2. The molecule has 1 N–H and O–H groups in total. The van der Waals surface area contributed by atoms with E-state index in [0.29, 0.717) is 17.0 Å². The van der Waals surface area contributed by atoms with E-state index >= 15 is 0 Å². The Hall–Kier alpha value is -1.81. The number of methoxy groups -OCH3 is 1. The number of likely N-dealkylation sites (tertiary alicyclic amines) is 1. The van der Waals surface area contributed by atoms with E-state index in [1.165, 1.54) is 0 Å². The summed E-state index contributed by atoms with van der Waals surface area (Å²) in [6.07, 6.45) is 1.13. The molecule has 1 aliphatic carbocycles. The zero-order valence-electron chi connectivity index (χ0n) is 14.1. The van der Waals surface area contributed by atoms with Crippen molar-refractivity contribution in [2.75, 3.05) is 26.8 Å². The Labute approximate surface area is 136 Å². The van der Waals surface area contributed by atoms with Crippen molar-refractivity contribution in [3.8, 4) is 0 Å². The lowest BCUT2D eigenvalue weighted by atomic mass is 9.48. The molecule has 1 aliphatic heterocycles. The number of carbonyl (C=O) groups is 1. The Bertz CT molecular complexity index is 731. The number of ether oxygens (including phenoxy) is 1. The third-order valence-corrected chi connectivity index (χ3v) is 5.88. The van der Waals surface area contributed by atoms with E-state index in [2.05, 4.69) is 18.8 Å². The molecule has 0 unspecified atom stereocenters. The van der Waals surface area contributed by atoms with Gasteiger partial charge >= 0.3 is 0 Å². The number of nitrogens with one attached hydrogen (secondary N) is 1. The maximum absolute atomic E-state index is 12.9. The summed E-state index contributed by atoms with van der Waals surface area (Å²) in [6, 6.07) is 9.99. The standard InChI is InChI=1S/C19H24N2O2/c1-18(2)10-19(12-23-3)11-21(9-16(18)19)17(22)15-8-13-6-4-5-7-14(13)20-15/h4-8,16,20H,9-12H2,1-3H3/t16-,19-/m1/s1. The van der Waals surface area contributed by atoms with E-state index in [-0.39, 0.29) is 11.3 Å². The molecule has 1 aromatic heterocycles. The molecule has 2 aliphatic rings. The van der Waals surface area contributed by atoms with Crippen LogP contribution in [0.25, 0.3) is 10.9 Å². The number of aromatic nitrogens is 1. The minimum atomic E-state index is 0.113. The average Bonchev–Trinajstić information content (AvgIpc) is 3.06. The molecule has 2 heterocycles. The molecule has 0 spiro atoms. The van der Waals surface area contributed by atoms with Crippen LogP contribution in [0.2, 0.25) is 0 Å². The normalized spacial score (nSPS) is 28.7. The van der Waals surface area contributed by atoms with E-state index in [1.54, 1.807) is 7.11 Å². The first-order chi connectivity index (χ1) is 11.0. The second-order valence-corrected chi connectivity index (χ2v) is 7.97. The second-order valence-electron chi connectivity index (χ2n) is 7.97. The van der Waals surface area contributed by atoms with Crippen LogP contribution < -0.4 is 0 Å². The number of H-pyrrole nitrogens is 1. The van der Waals surface area contributed by atoms with Crippen molar-refractivity contribution in [2.24, 2.45) is 16.7 Å². The average molecular weight is 312 g/mol. The van der Waals surface area contributed by atoms with Gasteiger partial charge in [-0.25, -0.2) is 0 Å². The van der Waals surface area contributed by atoms with Gasteiger partial charge in [0.2, 0.25) is 0 Å². The van der Waals surface area contributed by atoms with Crippen LogP contribution in [0.4, 0.5) is 0 Å². The van der Waals surface area contributed by atoms with Gasteiger partial charge in [0.15, 0.2) is 0 Å². The van der Waals surface area contributed by atoms with Gasteiger partial charge in [-0.2, -0.15) is 0 Å². The zero-order valence-corrected chi connectivity index (χ0v) is 14.1. The summed E-state index contributed by atoms with van der Waals surface area (Å²) >= 11 is 0. The van der Waals surface area contributed by atoms with Gasteiger partial charge in [0, 0.05) is 36.5 Å². The van der Waals surface area contributed by atoms with Gasteiger partial charge in [0.25, 0.3) is 5.91 Å². The largest absolute Gasteiger partial charge is 0.384 e. The number of para-hydroxylation sites is 1. The molecular weight excluding hydrogens is 288 g/mol. The lowest BCUT2D eigenvalue weighted by molar-refractivity contribution is -0.107. The number of aromatic amines is 1. The molecule has 1 saturated carbocycles. The number of rotatable bonds is 3. The summed E-state index contributed by atoms with van der Waals surface area (Å²) in [5.74, 6) is 0.644. The molecule has 23 heavy (non-hydrogen) atoms. The summed E-state index contributed by atoms with van der Waals surface area (Å²) in [6.45, 7) is 7.01. The Balaban J connectivity index is 1.60. The Morgan fingerprint density at radius 1 is 1.39 bits per heavy atom. The van der Waals surface area contributed by atoms with E-state index < -0.39 is 0 Å². The number of amides is 1. The number of hydrogen-bond acceptors (Lipinski definition) is 2. The molecule has 1 amide bonds. The van der Waals surface area contributed by atoms with Crippen LogP contribution >= 0.6 is 0 Å². The topological polar surface area (TPSA) is 45.3 Å². The number of benzene rings is 1. The van der Waals surface area contributed by atoms with Crippen molar-refractivity contribution in [3.63, 3.8) is 0 Å². The van der Waals surface area contributed by atoms with Gasteiger partial charge in [-0.15, -0.1) is 0 Å². The predicted molar refractivity (Wildman–Crippen MR) is 90.4 cm³/mol. The molecule has 4 nitrogen and oxygen atoms in total. The van der Waals surface area contributed by atoms with Crippen LogP contribution in [0, 0.1) is 16.7 Å². The quantitative estimate of drug-likeness (QED) is 0.945. The smallest absolute Gasteiger partial charge is 0.270 e. The molecule has 2 aromatic rings. The van der Waals surface area contributed by atoms with Crippen LogP contribution in [-0.4, -0.2) is 42.6 Å². The molecule has 1 aromatic carbocycles. The van der Waals surface area contributed by atoms with Crippen LogP contribution in [-0.2, 0) is 4.74 Å². The predicted octanol–water partition coefficient (Wildman–Crippen LogP) is 3.30. The third kappa shape index (κ3) is 2.12. The van der Waals surface area contributed by atoms with Crippen LogP contribution in [0.1, 0.15) is 30.8 Å². The van der Waals surface area contributed by atoms with Crippen molar-refractivity contribution in [1.82, 2.24) is 9.88 Å². The summed E-state index contributed by atoms with van der Waals surface area (Å²) in [7, 11) is 1.76. The fraction of sp³-hybridized carbons (Fsp3) is 0.526. The summed E-state index contributed by atoms with van der Waals surface area (Å²) in [5.41, 5.74) is 2.16. The highest BCUT2D eigenvalue weighted by atomic mass is 16.5. The van der Waals surface area contributed by atoms with Crippen LogP contribution in [0.15, 0.2) is 30.3 Å². The molecule has 0 radical (unpaired) electrons. The molecule has 122 valence electrons. The minimum Gasteiger partial charge on any atom is -0.384 e. The summed E-state index contributed by atoms with van der Waals surface area (Å²) in [5, 5.41) is 1.09. The lowest BCUT2D eigenvalue weighted by Gasteiger charge is -2.56. The highest BCUT2D eigenvalue weighted by Crippen LogP contribution is 2.62. The van der Waals surface area contributed by atoms with Crippen molar-refractivity contribution in [2.45, 2.75) is 20.3 Å². The van der Waals surface area contributed by atoms with Crippen molar-refractivity contribution < 1.29 is 9.53 Å². The number of hydrogen-bond donors (Lipinski definition) is 1. The van der Waals surface area contributed by atoms with Gasteiger partial charge in [0.1, 0.15) is 5.69 Å². The van der Waals surface area contributed by atoms with Gasteiger partial charge in [-0.05, 0) is 29.9 Å². The van der Waals surface area contributed by atoms with E-state index in [0.717, 1.165) is 37.0 Å². The zero-order chi connectivity index (χ0) is 16.2. The maximum Gasteiger partial charge on any atom is 0.270 e. The highest BCUT2D eigenvalue weighted by Gasteiger charge is 2.63. The molecule has 2 atom stereocenters. The lowest BCUT2D eigenvalue weighted by Crippen LogP contribution is -2.55. The summed E-state index contributed by atoms with van der Waals surface area (Å²) in [4.78, 5) is 18.2. The number of nitrogens with zero attached hydrogens (tertiary/aromatic N) is 1. The fourth-order valence-electron chi connectivity index (χ4n) is 5.12. The Kier molecular flexibility index (Phi) is 3.11. The highest BCUT2D eigenvalue weighted by molar-refractivity contribution is 5.98. The number of carbonyl (C=O) groups excluding carboxylic acids is 1. The van der Waals surface area contributed by atoms with Crippen molar-refractivity contribution >= 4 is 16.8 Å². The van der Waals surface area contributed by atoms with Gasteiger partial charge in [-0.3, -0.25) is 4.79 Å². The maximum atomic E-state index is 12.9. The first-order valence-electron chi connectivity index (χ1n) is 8.31. The first kappa shape index (κ1) is 14.8. The van der Waals surface area contributed by atoms with Crippen LogP contribution in [0.5, 0.6) is 0 Å². The van der Waals surface area contributed by atoms with Gasteiger partial charge in [-0.1, -0.05) is 32.0 Å². The Morgan fingerprint density at radius 3 is 2.87 bits per heavy atom. The SMILES string of the molecule is COC[C@@]12CN(C(=O)c3cc4ccccc4[nH]3)C[C@@H]1C(C)(C)C2. The molecule has 4 heteroatoms. The van der Waals surface area contributed by atoms with Gasteiger partial charge < -0.3 is 14.6 Å². The summed E-state index contributed by atoms with van der Waals surface area (Å²) < 4.78 is 5.48. The monoisotopic (exact) mass is 312 g/mol. The molecule has 1 saturated heterocycles. The molecule has 2 fully saturated rings. The molecule has 4 rings (SSSR count). The van der Waals surface area contributed by atoms with Crippen molar-refractivity contribution in [3.05, 3.63) is 36.0 Å². The molecule has 0 bridgehead atoms. The first-order valence-corrected chi connectivity index (χ1v) is 8.31. The Morgan fingerprint density at radius 2 is 2.17 bits per heavy atom. The van der Waals surface area contributed by atoms with E-state index in [4.69, 9.17) is 4.74 Å². The van der Waals surface area contributed by atoms with Crippen LogP contribution in [0.3, 0.4) is 0 Å². The van der Waals surface area contributed by atoms with E-state index in [9.17, 15) is 4.79 Å². The second kappa shape index (κ2) is 4.84. The van der Waals surface area contributed by atoms with E-state index in [1.807, 2.05) is 35.2 Å². The third-order valence-electron chi connectivity index (χ3n) is 5.88. The number of fused-ring (bicyclic) bond motifs is 2.